The van der Waals surface area contributed by atoms with Crippen molar-refractivity contribution in [2.24, 2.45) is 0 Å². The van der Waals surface area contributed by atoms with Gasteiger partial charge in [-0.15, -0.1) is 11.3 Å². The molecule has 4 aromatic rings. The van der Waals surface area contributed by atoms with E-state index >= 15 is 0 Å². The normalized spacial score (nSPS) is 11.0. The topological polar surface area (TPSA) is 50.1 Å². The van der Waals surface area contributed by atoms with E-state index in [2.05, 4.69) is 34.0 Å². The minimum atomic E-state index is 0.747. The predicted molar refractivity (Wildman–Crippen MR) is 94.2 cm³/mol. The number of thiazole rings is 1. The molecular weight excluding hydrogens is 306 g/mol. The Balaban J connectivity index is 1.44. The minimum Gasteiger partial charge on any atom is -0.464 e. The van der Waals surface area contributed by atoms with E-state index in [4.69, 9.17) is 4.42 Å². The van der Waals surface area contributed by atoms with Crippen LogP contribution in [0.1, 0.15) is 5.56 Å². The van der Waals surface area contributed by atoms with Crippen LogP contribution in [0.4, 0.5) is 5.13 Å². The number of furan rings is 1. The lowest BCUT2D eigenvalue weighted by Crippen LogP contribution is -2.20. The molecule has 0 bridgehead atoms. The number of anilines is 1. The lowest BCUT2D eigenvalue weighted by atomic mass is 10.1. The molecule has 0 radical (unpaired) electrons. The van der Waals surface area contributed by atoms with Crippen molar-refractivity contribution < 1.29 is 4.42 Å². The van der Waals surface area contributed by atoms with Gasteiger partial charge in [-0.1, -0.05) is 30.3 Å². The zero-order valence-corrected chi connectivity index (χ0v) is 13.1. The predicted octanol–water partition coefficient (Wildman–Crippen LogP) is 4.67. The van der Waals surface area contributed by atoms with Crippen LogP contribution < -0.4 is 10.9 Å². The van der Waals surface area contributed by atoms with Crippen molar-refractivity contribution in [2.75, 3.05) is 5.43 Å². The monoisotopic (exact) mass is 321 g/mol. The number of hydrogen-bond acceptors (Lipinski definition) is 5. The van der Waals surface area contributed by atoms with Gasteiger partial charge in [0.15, 0.2) is 5.13 Å². The van der Waals surface area contributed by atoms with Gasteiger partial charge >= 0.3 is 0 Å². The Morgan fingerprint density at radius 1 is 1.04 bits per heavy atom. The molecule has 114 valence electrons. The Bertz CT molecular complexity index is 914. The summed E-state index contributed by atoms with van der Waals surface area (Å²) >= 11 is 1.58. The number of hydrogen-bond donors (Lipinski definition) is 2. The Hall–Kier alpha value is -2.63. The van der Waals surface area contributed by atoms with E-state index < -0.39 is 0 Å². The summed E-state index contributed by atoms with van der Waals surface area (Å²) in [6.45, 7) is 0.747. The third-order valence-electron chi connectivity index (χ3n) is 3.58. The molecule has 2 aromatic heterocycles. The molecule has 0 aliphatic heterocycles. The fourth-order valence-corrected chi connectivity index (χ4v) is 3.10. The second-order valence-corrected chi connectivity index (χ2v) is 6.03. The molecule has 2 aromatic carbocycles. The summed E-state index contributed by atoms with van der Waals surface area (Å²) in [6.07, 6.45) is 1.70. The van der Waals surface area contributed by atoms with Gasteiger partial charge in [-0.25, -0.2) is 10.4 Å². The van der Waals surface area contributed by atoms with E-state index in [1.807, 2.05) is 41.8 Å². The van der Waals surface area contributed by atoms with Gasteiger partial charge in [-0.05, 0) is 29.8 Å². The molecule has 4 rings (SSSR count). The second kappa shape index (κ2) is 6.24. The quantitative estimate of drug-likeness (QED) is 0.524. The summed E-state index contributed by atoms with van der Waals surface area (Å²) in [4.78, 5) is 4.62. The van der Waals surface area contributed by atoms with Gasteiger partial charge in [-0.2, -0.15) is 0 Å². The molecule has 5 heteroatoms. The summed E-state index contributed by atoms with van der Waals surface area (Å²) in [5.74, 6) is 0. The van der Waals surface area contributed by atoms with Gasteiger partial charge in [0.25, 0.3) is 0 Å². The molecule has 0 fully saturated rings. The van der Waals surface area contributed by atoms with Crippen LogP contribution in [-0.2, 0) is 6.54 Å². The smallest absolute Gasteiger partial charge is 0.197 e. The Morgan fingerprint density at radius 3 is 2.87 bits per heavy atom. The zero-order chi connectivity index (χ0) is 15.5. The first kappa shape index (κ1) is 14.0. The minimum absolute atomic E-state index is 0.747. The van der Waals surface area contributed by atoms with E-state index in [-0.39, 0.29) is 0 Å². The molecule has 4 nitrogen and oxygen atoms in total. The molecule has 0 aliphatic carbocycles. The fraction of sp³-hybridized carbons (Fsp3) is 0.0556. The van der Waals surface area contributed by atoms with Gasteiger partial charge < -0.3 is 4.42 Å². The van der Waals surface area contributed by atoms with E-state index in [1.54, 1.807) is 17.6 Å². The Labute approximate surface area is 137 Å². The highest BCUT2D eigenvalue weighted by Gasteiger charge is 2.06. The van der Waals surface area contributed by atoms with Gasteiger partial charge in [0.1, 0.15) is 5.58 Å². The number of aromatic nitrogens is 1. The average molecular weight is 321 g/mol. The number of nitrogens with zero attached hydrogens (tertiary/aromatic N) is 1. The van der Waals surface area contributed by atoms with Crippen molar-refractivity contribution in [3.63, 3.8) is 0 Å². The van der Waals surface area contributed by atoms with Crippen molar-refractivity contribution in [3.8, 4) is 11.3 Å². The highest BCUT2D eigenvalue weighted by molar-refractivity contribution is 7.14. The van der Waals surface area contributed by atoms with Gasteiger partial charge in [0, 0.05) is 22.9 Å². The molecule has 0 atom stereocenters. The van der Waals surface area contributed by atoms with Crippen LogP contribution >= 0.6 is 11.3 Å². The molecule has 0 spiro atoms. The van der Waals surface area contributed by atoms with Gasteiger partial charge in [0.05, 0.1) is 12.0 Å². The zero-order valence-electron chi connectivity index (χ0n) is 12.3. The lowest BCUT2D eigenvalue weighted by molar-refractivity contribution is 0.616. The van der Waals surface area contributed by atoms with E-state index in [0.29, 0.717) is 0 Å². The van der Waals surface area contributed by atoms with Crippen LogP contribution in [0.5, 0.6) is 0 Å². The Kier molecular flexibility index (Phi) is 3.80. The maximum atomic E-state index is 5.37. The van der Waals surface area contributed by atoms with Crippen LogP contribution in [0, 0.1) is 0 Å². The van der Waals surface area contributed by atoms with Crippen molar-refractivity contribution in [1.29, 1.82) is 0 Å². The summed E-state index contributed by atoms with van der Waals surface area (Å²) in [5.41, 5.74) is 10.5. The molecule has 0 unspecified atom stereocenters. The van der Waals surface area contributed by atoms with E-state index in [1.165, 1.54) is 5.56 Å². The van der Waals surface area contributed by atoms with Crippen molar-refractivity contribution in [1.82, 2.24) is 10.4 Å². The maximum Gasteiger partial charge on any atom is 0.197 e. The maximum absolute atomic E-state index is 5.37. The van der Waals surface area contributed by atoms with Crippen LogP contribution in [0.25, 0.3) is 22.2 Å². The Morgan fingerprint density at radius 2 is 1.96 bits per heavy atom. The van der Waals surface area contributed by atoms with Crippen LogP contribution in [0.2, 0.25) is 0 Å². The SMILES string of the molecule is c1ccc(CNNc2nc(-c3ccc4occc4c3)cs2)cc1. The number of nitrogens with one attached hydrogen (secondary N) is 2. The number of fused-ring (bicyclic) bond motifs is 1. The molecule has 0 saturated heterocycles. The molecule has 0 amide bonds. The third kappa shape index (κ3) is 3.11. The van der Waals surface area contributed by atoms with Crippen molar-refractivity contribution in [3.05, 3.63) is 71.8 Å². The summed E-state index contributed by atoms with van der Waals surface area (Å²) in [6, 6.07) is 18.3. The second-order valence-electron chi connectivity index (χ2n) is 5.18. The van der Waals surface area contributed by atoms with Crippen molar-refractivity contribution >= 4 is 27.4 Å². The van der Waals surface area contributed by atoms with Crippen LogP contribution in [-0.4, -0.2) is 4.98 Å². The van der Waals surface area contributed by atoms with E-state index in [0.717, 1.165) is 33.9 Å². The molecule has 0 saturated carbocycles. The fourth-order valence-electron chi connectivity index (χ4n) is 2.41. The first-order valence-electron chi connectivity index (χ1n) is 7.34. The van der Waals surface area contributed by atoms with Crippen LogP contribution in [0.15, 0.2) is 70.7 Å². The number of hydrazine groups is 1. The van der Waals surface area contributed by atoms with Crippen molar-refractivity contribution in [2.45, 2.75) is 6.54 Å². The van der Waals surface area contributed by atoms with Crippen LogP contribution in [0.3, 0.4) is 0 Å². The number of benzene rings is 2. The highest BCUT2D eigenvalue weighted by atomic mass is 32.1. The first-order chi connectivity index (χ1) is 11.4. The lowest BCUT2D eigenvalue weighted by Gasteiger charge is -2.05. The van der Waals surface area contributed by atoms with E-state index in [9.17, 15) is 0 Å². The summed E-state index contributed by atoms with van der Waals surface area (Å²) in [5, 5.41) is 3.99. The van der Waals surface area contributed by atoms with Gasteiger partial charge in [-0.3, -0.25) is 5.43 Å². The molecule has 0 aliphatic rings. The molecule has 23 heavy (non-hydrogen) atoms. The third-order valence-corrected chi connectivity index (χ3v) is 4.34. The molecule has 2 N–H and O–H groups in total. The molecular formula is C18H15N3OS. The van der Waals surface area contributed by atoms with Gasteiger partial charge in [0.2, 0.25) is 0 Å². The summed E-state index contributed by atoms with van der Waals surface area (Å²) < 4.78 is 5.37. The highest BCUT2D eigenvalue weighted by Crippen LogP contribution is 2.27. The average Bonchev–Trinajstić information content (AvgIpc) is 3.24. The number of rotatable bonds is 5. The molecule has 2 heterocycles. The largest absolute Gasteiger partial charge is 0.464 e. The first-order valence-corrected chi connectivity index (χ1v) is 8.22. The summed E-state index contributed by atoms with van der Waals surface area (Å²) in [7, 11) is 0. The standard InChI is InChI=1S/C18H15N3OS/c1-2-4-13(5-3-1)11-19-21-18-20-16(12-23-18)14-6-7-17-15(10-14)8-9-22-17/h1-10,12,19H,11H2,(H,20,21).